The summed E-state index contributed by atoms with van der Waals surface area (Å²) in [5.74, 6) is 2.57. The highest BCUT2D eigenvalue weighted by molar-refractivity contribution is 5.77. The van der Waals surface area contributed by atoms with Crippen LogP contribution in [0.4, 0.5) is 0 Å². The molecule has 0 radical (unpaired) electrons. The molecule has 1 aliphatic carbocycles. The molecule has 2 heterocycles. The van der Waals surface area contributed by atoms with Crippen molar-refractivity contribution in [3.05, 3.63) is 0 Å². The van der Waals surface area contributed by atoms with Crippen molar-refractivity contribution in [3.63, 3.8) is 0 Å². The summed E-state index contributed by atoms with van der Waals surface area (Å²) in [5.41, 5.74) is 0. The zero-order valence-corrected chi connectivity index (χ0v) is 12.9. The molecule has 2 saturated heterocycles. The maximum atomic E-state index is 12.7. The molecule has 3 aliphatic rings. The molecule has 3 nitrogen and oxygen atoms in total. The van der Waals surface area contributed by atoms with Crippen LogP contribution in [0.15, 0.2) is 0 Å². The molecule has 3 unspecified atom stereocenters. The maximum Gasteiger partial charge on any atom is 0.223 e. The normalized spacial score (nSPS) is 35.0. The van der Waals surface area contributed by atoms with E-state index in [1.54, 1.807) is 0 Å². The van der Waals surface area contributed by atoms with E-state index in [0.717, 1.165) is 44.3 Å². The minimum absolute atomic E-state index is 0.457. The van der Waals surface area contributed by atoms with Gasteiger partial charge in [0.15, 0.2) is 0 Å². The lowest BCUT2D eigenvalue weighted by Gasteiger charge is -2.28. The molecular formula is C17H30N2O. The second kappa shape index (κ2) is 6.46. The highest BCUT2D eigenvalue weighted by atomic mass is 16.2. The van der Waals surface area contributed by atoms with Crippen LogP contribution in [0.5, 0.6) is 0 Å². The van der Waals surface area contributed by atoms with Gasteiger partial charge in [0.2, 0.25) is 5.91 Å². The van der Waals surface area contributed by atoms with Gasteiger partial charge in [0.05, 0.1) is 0 Å². The fourth-order valence-electron chi connectivity index (χ4n) is 4.76. The van der Waals surface area contributed by atoms with Gasteiger partial charge in [-0.05, 0) is 37.0 Å². The smallest absolute Gasteiger partial charge is 0.223 e. The molecule has 1 amide bonds. The minimum atomic E-state index is 0.457. The Morgan fingerprint density at radius 1 is 1.15 bits per heavy atom. The van der Waals surface area contributed by atoms with Crippen molar-refractivity contribution in [2.24, 2.45) is 17.8 Å². The minimum Gasteiger partial charge on any atom is -0.339 e. The van der Waals surface area contributed by atoms with Crippen molar-refractivity contribution >= 4 is 5.91 Å². The Hall–Kier alpha value is -0.570. The van der Waals surface area contributed by atoms with Crippen LogP contribution >= 0.6 is 0 Å². The van der Waals surface area contributed by atoms with Gasteiger partial charge in [-0.2, -0.15) is 0 Å². The van der Waals surface area contributed by atoms with Gasteiger partial charge in [-0.1, -0.05) is 32.6 Å². The SMILES string of the molecule is CCC1C2CNCC2CN1C(=O)CC1CCCCCC1. The maximum absolute atomic E-state index is 12.7. The number of hydrogen-bond donors (Lipinski definition) is 1. The third-order valence-electron chi connectivity index (χ3n) is 5.89. The van der Waals surface area contributed by atoms with Gasteiger partial charge >= 0.3 is 0 Å². The lowest BCUT2D eigenvalue weighted by Crippen LogP contribution is -2.40. The third-order valence-corrected chi connectivity index (χ3v) is 5.89. The number of carbonyl (C=O) groups excluding carboxylic acids is 1. The van der Waals surface area contributed by atoms with Crippen molar-refractivity contribution in [2.45, 2.75) is 64.3 Å². The van der Waals surface area contributed by atoms with Gasteiger partial charge in [-0.3, -0.25) is 4.79 Å². The van der Waals surface area contributed by atoms with Gasteiger partial charge in [0, 0.05) is 32.1 Å². The molecule has 3 heteroatoms. The average molecular weight is 278 g/mol. The van der Waals surface area contributed by atoms with Crippen LogP contribution in [0.2, 0.25) is 0 Å². The number of likely N-dealkylation sites (tertiary alicyclic amines) is 1. The topological polar surface area (TPSA) is 32.3 Å². The van der Waals surface area contributed by atoms with Crippen LogP contribution in [-0.4, -0.2) is 36.5 Å². The molecule has 2 aliphatic heterocycles. The first-order valence-corrected chi connectivity index (χ1v) is 8.79. The zero-order valence-electron chi connectivity index (χ0n) is 12.9. The summed E-state index contributed by atoms with van der Waals surface area (Å²) >= 11 is 0. The predicted octanol–water partition coefficient (Wildman–Crippen LogP) is 2.80. The van der Waals surface area contributed by atoms with Gasteiger partial charge < -0.3 is 10.2 Å². The van der Waals surface area contributed by atoms with Crippen LogP contribution in [0.3, 0.4) is 0 Å². The van der Waals surface area contributed by atoms with E-state index in [0.29, 0.717) is 17.9 Å². The van der Waals surface area contributed by atoms with Crippen LogP contribution in [0, 0.1) is 17.8 Å². The van der Waals surface area contributed by atoms with Crippen LogP contribution in [0.1, 0.15) is 58.3 Å². The number of rotatable bonds is 3. The lowest BCUT2D eigenvalue weighted by atomic mass is 9.92. The Bertz CT molecular complexity index is 336. The number of fused-ring (bicyclic) bond motifs is 1. The van der Waals surface area contributed by atoms with Crippen LogP contribution in [0.25, 0.3) is 0 Å². The fourth-order valence-corrected chi connectivity index (χ4v) is 4.76. The van der Waals surface area contributed by atoms with Gasteiger partial charge in [-0.15, -0.1) is 0 Å². The highest BCUT2D eigenvalue weighted by Gasteiger charge is 2.45. The number of nitrogens with zero attached hydrogens (tertiary/aromatic N) is 1. The molecule has 3 fully saturated rings. The van der Waals surface area contributed by atoms with Crippen molar-refractivity contribution in [1.29, 1.82) is 0 Å². The van der Waals surface area contributed by atoms with Crippen molar-refractivity contribution in [1.82, 2.24) is 10.2 Å². The molecule has 1 saturated carbocycles. The van der Waals surface area contributed by atoms with E-state index in [4.69, 9.17) is 0 Å². The summed E-state index contributed by atoms with van der Waals surface area (Å²) < 4.78 is 0. The van der Waals surface area contributed by atoms with Crippen LogP contribution in [-0.2, 0) is 4.79 Å². The Morgan fingerprint density at radius 2 is 1.90 bits per heavy atom. The molecule has 114 valence electrons. The molecule has 20 heavy (non-hydrogen) atoms. The largest absolute Gasteiger partial charge is 0.339 e. The summed E-state index contributed by atoms with van der Waals surface area (Å²) in [7, 11) is 0. The Kier molecular flexibility index (Phi) is 4.65. The summed E-state index contributed by atoms with van der Waals surface area (Å²) in [4.78, 5) is 15.0. The molecule has 0 aromatic carbocycles. The van der Waals surface area contributed by atoms with E-state index in [9.17, 15) is 4.79 Å². The predicted molar refractivity (Wildman–Crippen MR) is 81.5 cm³/mol. The van der Waals surface area contributed by atoms with E-state index < -0.39 is 0 Å². The van der Waals surface area contributed by atoms with E-state index in [1.807, 2.05) is 0 Å². The van der Waals surface area contributed by atoms with Crippen molar-refractivity contribution < 1.29 is 4.79 Å². The number of amides is 1. The first kappa shape index (κ1) is 14.4. The summed E-state index contributed by atoms with van der Waals surface area (Å²) in [6.07, 6.45) is 9.94. The first-order valence-electron chi connectivity index (χ1n) is 8.79. The number of carbonyl (C=O) groups is 1. The second-order valence-corrected chi connectivity index (χ2v) is 7.17. The Morgan fingerprint density at radius 3 is 2.60 bits per heavy atom. The molecular weight excluding hydrogens is 248 g/mol. The summed E-state index contributed by atoms with van der Waals surface area (Å²) in [5, 5.41) is 3.50. The lowest BCUT2D eigenvalue weighted by molar-refractivity contribution is -0.133. The van der Waals surface area contributed by atoms with Gasteiger partial charge in [0.1, 0.15) is 0 Å². The molecule has 0 aromatic rings. The highest BCUT2D eigenvalue weighted by Crippen LogP contribution is 2.35. The molecule has 0 bridgehead atoms. The third kappa shape index (κ3) is 2.88. The van der Waals surface area contributed by atoms with Crippen LogP contribution < -0.4 is 5.32 Å². The average Bonchev–Trinajstić information content (AvgIpc) is 2.92. The van der Waals surface area contributed by atoms with E-state index in [-0.39, 0.29) is 0 Å². The van der Waals surface area contributed by atoms with E-state index in [1.165, 1.54) is 38.5 Å². The molecule has 1 N–H and O–H groups in total. The Labute approximate surface area is 123 Å². The number of nitrogens with one attached hydrogen (secondary N) is 1. The summed E-state index contributed by atoms with van der Waals surface area (Å²) in [6.45, 7) is 5.50. The fraction of sp³-hybridized carbons (Fsp3) is 0.941. The first-order chi connectivity index (χ1) is 9.79. The van der Waals surface area contributed by atoms with Gasteiger partial charge in [-0.25, -0.2) is 0 Å². The molecule has 3 atom stereocenters. The molecule has 3 rings (SSSR count). The van der Waals surface area contributed by atoms with Crippen molar-refractivity contribution in [2.75, 3.05) is 19.6 Å². The van der Waals surface area contributed by atoms with E-state index in [2.05, 4.69) is 17.1 Å². The van der Waals surface area contributed by atoms with Crippen molar-refractivity contribution in [3.8, 4) is 0 Å². The summed E-state index contributed by atoms with van der Waals surface area (Å²) in [6, 6.07) is 0.508. The zero-order chi connectivity index (χ0) is 13.9. The van der Waals surface area contributed by atoms with E-state index >= 15 is 0 Å². The molecule has 0 aromatic heterocycles. The monoisotopic (exact) mass is 278 g/mol. The standard InChI is InChI=1S/C17H30N2O/c1-2-16-15-11-18-10-14(15)12-19(16)17(20)9-13-7-5-3-4-6-8-13/h13-16,18H,2-12H2,1H3. The second-order valence-electron chi connectivity index (χ2n) is 7.17. The number of hydrogen-bond acceptors (Lipinski definition) is 2. The molecule has 0 spiro atoms. The Balaban J connectivity index is 1.58. The quantitative estimate of drug-likeness (QED) is 0.805. The van der Waals surface area contributed by atoms with Gasteiger partial charge in [0.25, 0.3) is 0 Å².